The molecule has 1 N–H and O–H groups in total. The van der Waals surface area contributed by atoms with Crippen molar-refractivity contribution >= 4 is 11.8 Å². The Labute approximate surface area is 218 Å². The van der Waals surface area contributed by atoms with Crippen LogP contribution >= 0.6 is 0 Å². The number of carbonyl (C=O) groups is 2. The van der Waals surface area contributed by atoms with E-state index < -0.39 is 0 Å². The summed E-state index contributed by atoms with van der Waals surface area (Å²) in [5.41, 5.74) is 4.88. The molecule has 1 saturated carbocycles. The number of nitrogens with one attached hydrogen (secondary N) is 1. The minimum Gasteiger partial charge on any atom is -0.484 e. The number of carbonyl (C=O) groups excluding carboxylic acids is 2. The van der Waals surface area contributed by atoms with E-state index in [1.807, 2.05) is 26.0 Å². The second kappa shape index (κ2) is 10.8. The first-order chi connectivity index (χ1) is 17.9. The zero-order valence-electron chi connectivity index (χ0n) is 21.8. The lowest BCUT2D eigenvalue weighted by Gasteiger charge is -2.39. The first-order valence-electron chi connectivity index (χ1n) is 13.3. The average molecular weight is 502 g/mol. The summed E-state index contributed by atoms with van der Waals surface area (Å²) in [6, 6.07) is 14.4. The van der Waals surface area contributed by atoms with E-state index in [1.165, 1.54) is 17.4 Å². The standard InChI is InChI=1S/C30H35N3O4/c1-19(2)31-29(34)26-17-37-27(32-26)18-36-24-13-12-21-14-15-33(30(35)23-6-4-5-7-23)28(25(21)16-24)22-10-8-20(3)9-11-22/h8-13,16-17,19,23,28H,4-7,14-15,18H2,1-3H3,(H,31,34)/t28-/m1/s1. The Balaban J connectivity index is 1.39. The summed E-state index contributed by atoms with van der Waals surface area (Å²) in [4.78, 5) is 32.1. The van der Waals surface area contributed by atoms with Gasteiger partial charge in [0.15, 0.2) is 12.3 Å². The van der Waals surface area contributed by atoms with Crippen LogP contribution in [0.5, 0.6) is 5.75 Å². The minimum atomic E-state index is -0.272. The molecule has 7 nitrogen and oxygen atoms in total. The minimum absolute atomic E-state index is 0.0148. The van der Waals surface area contributed by atoms with Gasteiger partial charge in [-0.15, -0.1) is 0 Å². The normalized spacial score (nSPS) is 17.6. The van der Waals surface area contributed by atoms with E-state index in [0.717, 1.165) is 49.8 Å². The molecule has 0 bridgehead atoms. The maximum Gasteiger partial charge on any atom is 0.273 e. The fraction of sp³-hybridized carbons (Fsp3) is 0.433. The Morgan fingerprint density at radius 3 is 2.62 bits per heavy atom. The zero-order valence-corrected chi connectivity index (χ0v) is 21.8. The summed E-state index contributed by atoms with van der Waals surface area (Å²) in [5, 5.41) is 2.80. The quantitative estimate of drug-likeness (QED) is 0.471. The number of benzene rings is 2. The van der Waals surface area contributed by atoms with E-state index in [2.05, 4.69) is 52.5 Å². The highest BCUT2D eigenvalue weighted by Crippen LogP contribution is 2.39. The fourth-order valence-corrected chi connectivity index (χ4v) is 5.40. The van der Waals surface area contributed by atoms with Gasteiger partial charge in [-0.05, 0) is 68.9 Å². The molecule has 1 aliphatic heterocycles. The number of ether oxygens (including phenoxy) is 1. The molecule has 2 amide bonds. The molecule has 2 heterocycles. The molecular formula is C30H35N3O4. The number of fused-ring (bicyclic) bond motifs is 1. The fourth-order valence-electron chi connectivity index (χ4n) is 5.40. The van der Waals surface area contributed by atoms with Crippen molar-refractivity contribution in [1.29, 1.82) is 0 Å². The van der Waals surface area contributed by atoms with Gasteiger partial charge in [0.1, 0.15) is 12.0 Å². The molecule has 2 aliphatic rings. The number of oxazole rings is 1. The lowest BCUT2D eigenvalue weighted by Crippen LogP contribution is -2.43. The highest BCUT2D eigenvalue weighted by molar-refractivity contribution is 5.92. The summed E-state index contributed by atoms with van der Waals surface area (Å²) >= 11 is 0. The monoisotopic (exact) mass is 501 g/mol. The van der Waals surface area contributed by atoms with Crippen LogP contribution < -0.4 is 10.1 Å². The predicted molar refractivity (Wildman–Crippen MR) is 140 cm³/mol. The van der Waals surface area contributed by atoms with Gasteiger partial charge in [-0.25, -0.2) is 4.98 Å². The largest absolute Gasteiger partial charge is 0.484 e. The van der Waals surface area contributed by atoms with Gasteiger partial charge in [-0.2, -0.15) is 0 Å². The van der Waals surface area contributed by atoms with E-state index in [4.69, 9.17) is 9.15 Å². The molecule has 0 unspecified atom stereocenters. The molecule has 0 saturated heterocycles. The second-order valence-corrected chi connectivity index (χ2v) is 10.5. The molecule has 5 rings (SSSR count). The highest BCUT2D eigenvalue weighted by Gasteiger charge is 2.36. The van der Waals surface area contributed by atoms with Crippen LogP contribution in [0.15, 0.2) is 53.1 Å². The number of amides is 2. The Kier molecular flexibility index (Phi) is 7.31. The van der Waals surface area contributed by atoms with Gasteiger partial charge in [0, 0.05) is 18.5 Å². The van der Waals surface area contributed by atoms with Crippen molar-refractivity contribution in [2.75, 3.05) is 6.54 Å². The molecule has 1 aromatic heterocycles. The molecule has 7 heteroatoms. The lowest BCUT2D eigenvalue weighted by atomic mass is 9.86. The Bertz CT molecular complexity index is 1260. The molecule has 1 aliphatic carbocycles. The van der Waals surface area contributed by atoms with Gasteiger partial charge in [0.2, 0.25) is 11.8 Å². The Morgan fingerprint density at radius 1 is 1.14 bits per heavy atom. The first kappa shape index (κ1) is 25.1. The van der Waals surface area contributed by atoms with Crippen LogP contribution in [0.4, 0.5) is 0 Å². The van der Waals surface area contributed by atoms with Crippen molar-refractivity contribution in [3.8, 4) is 5.75 Å². The summed E-state index contributed by atoms with van der Waals surface area (Å²) in [5.74, 6) is 1.14. The molecule has 0 spiro atoms. The van der Waals surface area contributed by atoms with Crippen molar-refractivity contribution in [3.63, 3.8) is 0 Å². The van der Waals surface area contributed by atoms with Gasteiger partial charge in [0.25, 0.3) is 5.91 Å². The maximum atomic E-state index is 13.6. The molecule has 37 heavy (non-hydrogen) atoms. The highest BCUT2D eigenvalue weighted by atomic mass is 16.5. The van der Waals surface area contributed by atoms with Crippen molar-refractivity contribution in [3.05, 3.63) is 82.6 Å². The first-order valence-corrected chi connectivity index (χ1v) is 13.3. The van der Waals surface area contributed by atoms with Crippen molar-refractivity contribution in [2.45, 2.75) is 71.6 Å². The van der Waals surface area contributed by atoms with Gasteiger partial charge in [-0.1, -0.05) is 48.7 Å². The SMILES string of the molecule is Cc1ccc([C@@H]2c3cc(OCc4nc(C(=O)NC(C)C)co4)ccc3CCN2C(=O)C2CCCC2)cc1. The number of hydrogen-bond donors (Lipinski definition) is 1. The number of nitrogens with zero attached hydrogens (tertiary/aromatic N) is 2. The van der Waals surface area contributed by atoms with E-state index in [1.54, 1.807) is 0 Å². The summed E-state index contributed by atoms with van der Waals surface area (Å²) in [7, 11) is 0. The van der Waals surface area contributed by atoms with Crippen LogP contribution in [0.1, 0.15) is 84.2 Å². The number of aryl methyl sites for hydroxylation is 1. The third kappa shape index (κ3) is 5.55. The van der Waals surface area contributed by atoms with Crippen LogP contribution in [0.2, 0.25) is 0 Å². The van der Waals surface area contributed by atoms with Crippen LogP contribution in [0.25, 0.3) is 0 Å². The van der Waals surface area contributed by atoms with Crippen LogP contribution in [0, 0.1) is 12.8 Å². The predicted octanol–water partition coefficient (Wildman–Crippen LogP) is 5.36. The van der Waals surface area contributed by atoms with Crippen LogP contribution in [-0.4, -0.2) is 34.3 Å². The summed E-state index contributed by atoms with van der Waals surface area (Å²) in [6.07, 6.45) is 6.41. The number of rotatable bonds is 7. The molecule has 1 fully saturated rings. The Morgan fingerprint density at radius 2 is 1.89 bits per heavy atom. The van der Waals surface area contributed by atoms with E-state index >= 15 is 0 Å². The van der Waals surface area contributed by atoms with Gasteiger partial charge >= 0.3 is 0 Å². The van der Waals surface area contributed by atoms with Crippen molar-refractivity contribution < 1.29 is 18.7 Å². The summed E-state index contributed by atoms with van der Waals surface area (Å²) in [6.45, 7) is 6.69. The van der Waals surface area contributed by atoms with Gasteiger partial charge < -0.3 is 19.4 Å². The molecule has 3 aromatic rings. The van der Waals surface area contributed by atoms with Crippen LogP contribution in [0.3, 0.4) is 0 Å². The molecule has 2 aromatic carbocycles. The van der Waals surface area contributed by atoms with E-state index in [-0.39, 0.29) is 42.1 Å². The third-order valence-electron chi connectivity index (χ3n) is 7.29. The number of aromatic nitrogens is 1. The average Bonchev–Trinajstić information content (AvgIpc) is 3.59. The summed E-state index contributed by atoms with van der Waals surface area (Å²) < 4.78 is 11.5. The van der Waals surface area contributed by atoms with Crippen molar-refractivity contribution in [1.82, 2.24) is 15.2 Å². The third-order valence-corrected chi connectivity index (χ3v) is 7.29. The van der Waals surface area contributed by atoms with Crippen LogP contribution in [-0.2, 0) is 17.8 Å². The Hall–Kier alpha value is -3.61. The lowest BCUT2D eigenvalue weighted by molar-refractivity contribution is -0.137. The van der Waals surface area contributed by atoms with E-state index in [9.17, 15) is 9.59 Å². The molecule has 0 radical (unpaired) electrons. The van der Waals surface area contributed by atoms with Gasteiger partial charge in [-0.3, -0.25) is 9.59 Å². The molecule has 194 valence electrons. The van der Waals surface area contributed by atoms with Gasteiger partial charge in [0.05, 0.1) is 6.04 Å². The topological polar surface area (TPSA) is 84.7 Å². The molecular weight excluding hydrogens is 466 g/mol. The van der Waals surface area contributed by atoms with E-state index in [0.29, 0.717) is 11.6 Å². The number of hydrogen-bond acceptors (Lipinski definition) is 5. The molecule has 1 atom stereocenters. The smallest absolute Gasteiger partial charge is 0.273 e. The zero-order chi connectivity index (χ0) is 25.9. The van der Waals surface area contributed by atoms with Crippen molar-refractivity contribution in [2.24, 2.45) is 5.92 Å². The maximum absolute atomic E-state index is 13.6. The second-order valence-electron chi connectivity index (χ2n) is 10.5.